The lowest BCUT2D eigenvalue weighted by Crippen LogP contribution is -2.40. The van der Waals surface area contributed by atoms with Gasteiger partial charge in [-0.2, -0.15) is 5.06 Å². The van der Waals surface area contributed by atoms with Crippen molar-refractivity contribution in [1.29, 1.82) is 0 Å². The minimum absolute atomic E-state index is 0.183. The summed E-state index contributed by atoms with van der Waals surface area (Å²) in [6, 6.07) is 9.22. The van der Waals surface area contributed by atoms with Gasteiger partial charge in [-0.25, -0.2) is 4.79 Å². The molecule has 0 aliphatic heterocycles. The molecule has 138 valence electrons. The van der Waals surface area contributed by atoms with Crippen molar-refractivity contribution in [2.45, 2.75) is 51.5 Å². The summed E-state index contributed by atoms with van der Waals surface area (Å²) < 4.78 is 10.7. The van der Waals surface area contributed by atoms with Gasteiger partial charge in [0.1, 0.15) is 5.60 Å². The first-order valence-electron chi connectivity index (χ1n) is 8.45. The van der Waals surface area contributed by atoms with Crippen molar-refractivity contribution in [1.82, 2.24) is 5.06 Å². The molecular weight excluding hydrogens is 322 g/mol. The minimum atomic E-state index is -0.794. The summed E-state index contributed by atoms with van der Waals surface area (Å²) in [7, 11) is 0. The van der Waals surface area contributed by atoms with Crippen LogP contribution >= 0.6 is 0 Å². The van der Waals surface area contributed by atoms with Gasteiger partial charge in [-0.05, 0) is 32.8 Å². The molecule has 2 N–H and O–H groups in total. The molecule has 2 rings (SSSR count). The maximum atomic E-state index is 11.9. The molecule has 0 aromatic heterocycles. The van der Waals surface area contributed by atoms with Crippen LogP contribution in [-0.2, 0) is 16.1 Å². The third-order valence-corrected chi connectivity index (χ3v) is 3.88. The molecule has 1 amide bonds. The van der Waals surface area contributed by atoms with Gasteiger partial charge in [0.2, 0.25) is 0 Å². The van der Waals surface area contributed by atoms with E-state index < -0.39 is 23.8 Å². The van der Waals surface area contributed by atoms with Crippen LogP contribution < -0.4 is 0 Å². The van der Waals surface area contributed by atoms with E-state index in [0.29, 0.717) is 18.1 Å². The fraction of sp³-hybridized carbons (Fsp3) is 0.526. The summed E-state index contributed by atoms with van der Waals surface area (Å²) in [6.07, 6.45) is 2.43. The normalized spacial score (nSPS) is 21.2. The third kappa shape index (κ3) is 6.16. The predicted molar refractivity (Wildman–Crippen MR) is 93.0 cm³/mol. The number of hydroxylamine groups is 2. The van der Waals surface area contributed by atoms with Gasteiger partial charge >= 0.3 is 6.09 Å². The van der Waals surface area contributed by atoms with E-state index in [2.05, 4.69) is 0 Å². The molecule has 1 aliphatic carbocycles. The average Bonchev–Trinajstić information content (AvgIpc) is 3.03. The fourth-order valence-electron chi connectivity index (χ4n) is 2.61. The number of aliphatic hydroxyl groups excluding tert-OH is 1. The molecule has 3 atom stereocenters. The van der Waals surface area contributed by atoms with Crippen LogP contribution in [0.5, 0.6) is 0 Å². The molecule has 1 aliphatic rings. The SMILES string of the molecule is CC(C)(C)OC(=O)N(O)[C@H]1C=C[C@@H](C(O)COCc2ccccc2)C1. The highest BCUT2D eigenvalue weighted by molar-refractivity contribution is 5.67. The fourth-order valence-corrected chi connectivity index (χ4v) is 2.61. The number of amides is 1. The van der Waals surface area contributed by atoms with Crippen molar-refractivity contribution in [3.05, 3.63) is 48.0 Å². The Kier molecular flexibility index (Phi) is 6.58. The zero-order chi connectivity index (χ0) is 18.4. The Balaban J connectivity index is 1.76. The molecule has 0 fully saturated rings. The first-order chi connectivity index (χ1) is 11.8. The lowest BCUT2D eigenvalue weighted by molar-refractivity contribution is -0.113. The minimum Gasteiger partial charge on any atom is -0.442 e. The standard InChI is InChI=1S/C19H27NO5/c1-19(2,3)25-18(22)20(23)16-10-9-15(11-16)17(21)13-24-12-14-7-5-4-6-8-14/h4-10,15-17,21,23H,11-13H2,1-3H3/t15-,16+,17?/m1/s1. The summed E-state index contributed by atoms with van der Waals surface area (Å²) >= 11 is 0. The molecule has 0 heterocycles. The smallest absolute Gasteiger partial charge is 0.434 e. The zero-order valence-electron chi connectivity index (χ0n) is 15.0. The lowest BCUT2D eigenvalue weighted by atomic mass is 10.0. The lowest BCUT2D eigenvalue weighted by Gasteiger charge is -2.27. The van der Waals surface area contributed by atoms with Crippen LogP contribution in [0.1, 0.15) is 32.8 Å². The molecule has 0 saturated carbocycles. The van der Waals surface area contributed by atoms with Gasteiger partial charge in [0.15, 0.2) is 0 Å². The second kappa shape index (κ2) is 8.47. The Bertz CT molecular complexity index is 581. The monoisotopic (exact) mass is 349 g/mol. The summed E-state index contributed by atoms with van der Waals surface area (Å²) in [5.74, 6) is -0.183. The molecule has 0 radical (unpaired) electrons. The van der Waals surface area contributed by atoms with Crippen LogP contribution in [0.4, 0.5) is 4.79 Å². The van der Waals surface area contributed by atoms with Crippen LogP contribution in [0.2, 0.25) is 0 Å². The molecule has 1 unspecified atom stereocenters. The molecule has 6 nitrogen and oxygen atoms in total. The predicted octanol–water partition coefficient (Wildman–Crippen LogP) is 3.14. The molecule has 0 bridgehead atoms. The van der Waals surface area contributed by atoms with Crippen LogP contribution in [0, 0.1) is 5.92 Å². The van der Waals surface area contributed by atoms with Crippen molar-refractivity contribution in [3.8, 4) is 0 Å². The molecule has 6 heteroatoms. The van der Waals surface area contributed by atoms with Crippen molar-refractivity contribution in [2.24, 2.45) is 5.92 Å². The number of benzene rings is 1. The average molecular weight is 349 g/mol. The molecule has 1 aromatic rings. The number of carbonyl (C=O) groups is 1. The van der Waals surface area contributed by atoms with Crippen LogP contribution in [-0.4, -0.2) is 45.8 Å². The van der Waals surface area contributed by atoms with Gasteiger partial charge in [0.05, 0.1) is 25.4 Å². The van der Waals surface area contributed by atoms with E-state index in [0.717, 1.165) is 5.56 Å². The number of aliphatic hydroxyl groups is 1. The third-order valence-electron chi connectivity index (χ3n) is 3.88. The Hall–Kier alpha value is -1.89. The molecular formula is C19H27NO5. The molecule has 0 saturated heterocycles. The van der Waals surface area contributed by atoms with Gasteiger partial charge in [0, 0.05) is 5.92 Å². The molecule has 0 spiro atoms. The Morgan fingerprint density at radius 2 is 1.96 bits per heavy atom. The van der Waals surface area contributed by atoms with Crippen LogP contribution in [0.15, 0.2) is 42.5 Å². The van der Waals surface area contributed by atoms with E-state index in [9.17, 15) is 15.1 Å². The van der Waals surface area contributed by atoms with Crippen molar-refractivity contribution in [3.63, 3.8) is 0 Å². The van der Waals surface area contributed by atoms with Crippen LogP contribution in [0.3, 0.4) is 0 Å². The number of carbonyl (C=O) groups excluding carboxylic acids is 1. The second-order valence-corrected chi connectivity index (χ2v) is 7.24. The van der Waals surface area contributed by atoms with E-state index in [1.165, 1.54) is 0 Å². The first kappa shape index (κ1) is 19.4. The Morgan fingerprint density at radius 1 is 1.28 bits per heavy atom. The number of rotatable bonds is 6. The Labute approximate surface area is 148 Å². The van der Waals surface area contributed by atoms with E-state index in [1.807, 2.05) is 30.3 Å². The number of hydrogen-bond donors (Lipinski definition) is 2. The molecule has 1 aromatic carbocycles. The van der Waals surface area contributed by atoms with Gasteiger partial charge < -0.3 is 14.6 Å². The highest BCUT2D eigenvalue weighted by Crippen LogP contribution is 2.26. The summed E-state index contributed by atoms with van der Waals surface area (Å²) in [5, 5.41) is 20.8. The van der Waals surface area contributed by atoms with E-state index in [1.54, 1.807) is 32.9 Å². The van der Waals surface area contributed by atoms with E-state index in [-0.39, 0.29) is 12.5 Å². The van der Waals surface area contributed by atoms with E-state index in [4.69, 9.17) is 9.47 Å². The van der Waals surface area contributed by atoms with Crippen LogP contribution in [0.25, 0.3) is 0 Å². The zero-order valence-corrected chi connectivity index (χ0v) is 15.0. The quantitative estimate of drug-likeness (QED) is 0.469. The Morgan fingerprint density at radius 3 is 2.60 bits per heavy atom. The topological polar surface area (TPSA) is 79.2 Å². The maximum Gasteiger partial charge on any atom is 0.434 e. The highest BCUT2D eigenvalue weighted by atomic mass is 16.6. The maximum absolute atomic E-state index is 11.9. The number of ether oxygens (including phenoxy) is 2. The van der Waals surface area contributed by atoms with Gasteiger partial charge in [-0.15, -0.1) is 0 Å². The largest absolute Gasteiger partial charge is 0.442 e. The second-order valence-electron chi connectivity index (χ2n) is 7.24. The van der Waals surface area contributed by atoms with Crippen molar-refractivity contribution in [2.75, 3.05) is 6.61 Å². The van der Waals surface area contributed by atoms with Crippen molar-refractivity contribution < 1.29 is 24.6 Å². The highest BCUT2D eigenvalue weighted by Gasteiger charge is 2.32. The summed E-state index contributed by atoms with van der Waals surface area (Å²) in [5.41, 5.74) is 0.367. The number of nitrogens with zero attached hydrogens (tertiary/aromatic N) is 1. The van der Waals surface area contributed by atoms with Gasteiger partial charge in [0.25, 0.3) is 0 Å². The summed E-state index contributed by atoms with van der Waals surface area (Å²) in [4.78, 5) is 11.9. The van der Waals surface area contributed by atoms with Gasteiger partial charge in [-0.3, -0.25) is 5.21 Å². The van der Waals surface area contributed by atoms with Crippen molar-refractivity contribution >= 4 is 6.09 Å². The first-order valence-corrected chi connectivity index (χ1v) is 8.45. The number of hydrogen-bond acceptors (Lipinski definition) is 5. The molecule has 25 heavy (non-hydrogen) atoms. The van der Waals surface area contributed by atoms with Gasteiger partial charge in [-0.1, -0.05) is 42.5 Å². The summed E-state index contributed by atoms with van der Waals surface area (Å²) in [6.45, 7) is 5.83. The van der Waals surface area contributed by atoms with E-state index >= 15 is 0 Å².